The van der Waals surface area contributed by atoms with Crippen LogP contribution in [0.3, 0.4) is 0 Å². The molecule has 0 aliphatic carbocycles. The average Bonchev–Trinajstić information content (AvgIpc) is 2.80. The first kappa shape index (κ1) is 23.4. The van der Waals surface area contributed by atoms with Crippen LogP contribution in [0.5, 0.6) is 0 Å². The number of ketones is 1. The fraction of sp³-hybridized carbons (Fsp3) is 0.125. The van der Waals surface area contributed by atoms with Crippen LogP contribution in [-0.2, 0) is 24.5 Å². The summed E-state index contributed by atoms with van der Waals surface area (Å²) in [6.07, 6.45) is 1.01. The zero-order valence-corrected chi connectivity index (χ0v) is 18.6. The van der Waals surface area contributed by atoms with Gasteiger partial charge in [0, 0.05) is 18.4 Å². The van der Waals surface area contributed by atoms with E-state index < -0.39 is 42.4 Å². The quantitative estimate of drug-likeness (QED) is 0.373. The highest BCUT2D eigenvalue weighted by Gasteiger charge is 2.46. The van der Waals surface area contributed by atoms with Crippen molar-refractivity contribution in [3.63, 3.8) is 0 Å². The summed E-state index contributed by atoms with van der Waals surface area (Å²) in [5.74, 6) is -1.81. The number of aliphatic hydroxyl groups is 1. The lowest BCUT2D eigenvalue weighted by molar-refractivity contribution is -0.115. The molecule has 1 unspecified atom stereocenters. The summed E-state index contributed by atoms with van der Waals surface area (Å²) in [5.41, 5.74) is 0.385. The van der Waals surface area contributed by atoms with E-state index in [9.17, 15) is 21.6 Å². The molecule has 0 fully saturated rings. The van der Waals surface area contributed by atoms with Crippen molar-refractivity contribution in [1.82, 2.24) is 0 Å². The first-order chi connectivity index (χ1) is 15.3. The summed E-state index contributed by atoms with van der Waals surface area (Å²) in [5, 5.41) is 9.00. The summed E-state index contributed by atoms with van der Waals surface area (Å²) < 4.78 is 53.0. The van der Waals surface area contributed by atoms with E-state index >= 15 is 0 Å². The van der Waals surface area contributed by atoms with E-state index in [1.165, 1.54) is 48.5 Å². The summed E-state index contributed by atoms with van der Waals surface area (Å²) >= 11 is 0. The molecule has 166 valence electrons. The number of hydrogen-bond donors (Lipinski definition) is 1. The van der Waals surface area contributed by atoms with Gasteiger partial charge in [0.1, 0.15) is 0 Å². The lowest BCUT2D eigenvalue weighted by Crippen LogP contribution is -2.37. The van der Waals surface area contributed by atoms with Crippen LogP contribution in [0, 0.1) is 0 Å². The second kappa shape index (κ2) is 9.93. The standard InChI is InChI=1S/C24H22O6S2/c25-17-16-20(26)18-23(19-10-4-1-5-11-19)24(31(27,28)21-12-6-2-7-13-21)32(29,30)22-14-8-3-9-15-22/h1-17,23-25H,18H2/b17-16-. The number of allylic oxidation sites excluding steroid dienone is 1. The molecule has 8 heteroatoms. The molecule has 32 heavy (non-hydrogen) atoms. The number of hydrogen-bond acceptors (Lipinski definition) is 6. The van der Waals surface area contributed by atoms with Gasteiger partial charge in [0.25, 0.3) is 0 Å². The largest absolute Gasteiger partial charge is 0.515 e. The molecule has 0 bridgehead atoms. The molecule has 0 heterocycles. The molecule has 0 spiro atoms. The summed E-state index contributed by atoms with van der Waals surface area (Å²) in [6, 6.07) is 22.8. The number of benzene rings is 3. The Bertz CT molecular complexity index is 1210. The van der Waals surface area contributed by atoms with Crippen molar-refractivity contribution in [2.24, 2.45) is 0 Å². The third-order valence-electron chi connectivity index (χ3n) is 4.99. The Morgan fingerprint density at radius 3 is 1.53 bits per heavy atom. The fourth-order valence-electron chi connectivity index (χ4n) is 3.53. The molecule has 6 nitrogen and oxygen atoms in total. The first-order valence-electron chi connectivity index (χ1n) is 9.75. The third kappa shape index (κ3) is 4.98. The van der Waals surface area contributed by atoms with Crippen LogP contribution >= 0.6 is 0 Å². The van der Waals surface area contributed by atoms with Gasteiger partial charge in [0.15, 0.2) is 30.0 Å². The van der Waals surface area contributed by atoms with E-state index in [1.54, 1.807) is 42.5 Å². The van der Waals surface area contributed by atoms with Gasteiger partial charge in [-0.1, -0.05) is 66.7 Å². The van der Waals surface area contributed by atoms with Gasteiger partial charge in [-0.2, -0.15) is 0 Å². The Morgan fingerprint density at radius 2 is 1.12 bits per heavy atom. The number of carbonyl (C=O) groups is 1. The average molecular weight is 471 g/mol. The van der Waals surface area contributed by atoms with Crippen molar-refractivity contribution in [3.05, 3.63) is 109 Å². The molecule has 0 saturated heterocycles. The van der Waals surface area contributed by atoms with Gasteiger partial charge in [-0.25, -0.2) is 16.8 Å². The van der Waals surface area contributed by atoms with Crippen molar-refractivity contribution in [2.45, 2.75) is 26.7 Å². The Balaban J connectivity index is 2.29. The molecular weight excluding hydrogens is 448 g/mol. The Kier molecular flexibility index (Phi) is 7.27. The second-order valence-corrected chi connectivity index (χ2v) is 11.5. The maximum absolute atomic E-state index is 13.7. The molecule has 0 saturated carbocycles. The van der Waals surface area contributed by atoms with E-state index in [-0.39, 0.29) is 9.79 Å². The highest BCUT2D eigenvalue weighted by Crippen LogP contribution is 2.38. The number of aliphatic hydroxyl groups excluding tert-OH is 1. The Labute approximate surface area is 187 Å². The van der Waals surface area contributed by atoms with Crippen molar-refractivity contribution in [2.75, 3.05) is 0 Å². The van der Waals surface area contributed by atoms with Gasteiger partial charge >= 0.3 is 0 Å². The van der Waals surface area contributed by atoms with Crippen molar-refractivity contribution in [1.29, 1.82) is 0 Å². The lowest BCUT2D eigenvalue weighted by Gasteiger charge is -2.27. The van der Waals surface area contributed by atoms with Gasteiger partial charge in [0.2, 0.25) is 0 Å². The minimum atomic E-state index is -4.44. The number of carbonyl (C=O) groups excluding carboxylic acids is 1. The van der Waals surface area contributed by atoms with Gasteiger partial charge in [-0.05, 0) is 29.8 Å². The van der Waals surface area contributed by atoms with E-state index in [2.05, 4.69) is 0 Å². The molecule has 3 aromatic rings. The predicted octanol–water partition coefficient (Wildman–Crippen LogP) is 4.08. The highest BCUT2D eigenvalue weighted by molar-refractivity contribution is 8.09. The lowest BCUT2D eigenvalue weighted by atomic mass is 9.95. The van der Waals surface area contributed by atoms with Crippen LogP contribution in [0.25, 0.3) is 0 Å². The van der Waals surface area contributed by atoms with Gasteiger partial charge in [0.05, 0.1) is 16.1 Å². The summed E-state index contributed by atoms with van der Waals surface area (Å²) in [4.78, 5) is 12.1. The molecule has 0 aliphatic heterocycles. The fourth-order valence-corrected chi connectivity index (χ4v) is 8.51. The molecular formula is C24H22O6S2. The Morgan fingerprint density at radius 1 is 0.719 bits per heavy atom. The smallest absolute Gasteiger partial charge is 0.196 e. The van der Waals surface area contributed by atoms with Crippen LogP contribution in [0.4, 0.5) is 0 Å². The highest BCUT2D eigenvalue weighted by atomic mass is 32.3. The molecule has 0 amide bonds. The van der Waals surface area contributed by atoms with Crippen molar-refractivity contribution < 1.29 is 26.7 Å². The first-order valence-corrected chi connectivity index (χ1v) is 12.8. The van der Waals surface area contributed by atoms with Crippen LogP contribution in [0.1, 0.15) is 17.9 Å². The minimum Gasteiger partial charge on any atom is -0.515 e. The third-order valence-corrected chi connectivity index (χ3v) is 10.3. The molecule has 0 aliphatic rings. The molecule has 0 radical (unpaired) electrons. The molecule has 3 rings (SSSR count). The molecule has 1 atom stereocenters. The minimum absolute atomic E-state index is 0.157. The maximum Gasteiger partial charge on any atom is 0.196 e. The zero-order valence-electron chi connectivity index (χ0n) is 17.0. The van der Waals surface area contributed by atoms with Crippen LogP contribution in [-0.4, -0.2) is 32.3 Å². The molecule has 0 aromatic heterocycles. The normalized spacial score (nSPS) is 13.3. The van der Waals surface area contributed by atoms with Crippen LogP contribution in [0.2, 0.25) is 0 Å². The van der Waals surface area contributed by atoms with E-state index in [0.717, 1.165) is 6.08 Å². The van der Waals surface area contributed by atoms with Gasteiger partial charge in [-0.15, -0.1) is 0 Å². The molecule has 1 N–H and O–H groups in total. The van der Waals surface area contributed by atoms with Crippen molar-refractivity contribution >= 4 is 25.5 Å². The zero-order chi connectivity index (χ0) is 23.2. The number of sulfone groups is 2. The molecule has 3 aromatic carbocycles. The SMILES string of the molecule is O=C(/C=C\O)CC(c1ccccc1)C(S(=O)(=O)c1ccccc1)S(=O)(=O)c1ccccc1. The second-order valence-electron chi connectivity index (χ2n) is 7.09. The monoisotopic (exact) mass is 470 g/mol. The van der Waals surface area contributed by atoms with Crippen LogP contribution in [0.15, 0.2) is 113 Å². The van der Waals surface area contributed by atoms with Gasteiger partial charge in [-0.3, -0.25) is 4.79 Å². The Hall–Kier alpha value is -3.23. The topological polar surface area (TPSA) is 106 Å². The number of rotatable bonds is 9. The van der Waals surface area contributed by atoms with E-state index in [4.69, 9.17) is 5.11 Å². The predicted molar refractivity (Wildman–Crippen MR) is 122 cm³/mol. The summed E-state index contributed by atoms with van der Waals surface area (Å²) in [7, 11) is -8.88. The maximum atomic E-state index is 13.7. The van der Waals surface area contributed by atoms with Gasteiger partial charge < -0.3 is 5.11 Å². The van der Waals surface area contributed by atoms with Crippen LogP contribution < -0.4 is 0 Å². The van der Waals surface area contributed by atoms with Crippen molar-refractivity contribution in [3.8, 4) is 0 Å². The van der Waals surface area contributed by atoms with E-state index in [0.29, 0.717) is 11.8 Å². The van der Waals surface area contributed by atoms with E-state index in [1.807, 2.05) is 0 Å². The summed E-state index contributed by atoms with van der Waals surface area (Å²) in [6.45, 7) is 0.